The summed E-state index contributed by atoms with van der Waals surface area (Å²) >= 11 is 6.13. The SMILES string of the molecule is COCC(OC[C@H]1O[C@@H](n2ncc3c(NC4CCCC4)nc(Cl)nc32)[C@H](O)[C@@H]1O)P(=O)(O)O. The molecule has 0 spiro atoms. The van der Waals surface area contributed by atoms with Crippen molar-refractivity contribution in [3.05, 3.63) is 11.5 Å². The number of methoxy groups -OCH3 is 1. The minimum atomic E-state index is -4.61. The van der Waals surface area contributed by atoms with Crippen LogP contribution in [-0.4, -0.2) is 90.3 Å². The number of halogens is 1. The van der Waals surface area contributed by atoms with Gasteiger partial charge in [0.25, 0.3) is 0 Å². The van der Waals surface area contributed by atoms with Crippen LogP contribution < -0.4 is 5.32 Å². The van der Waals surface area contributed by atoms with Crippen LogP contribution in [0.25, 0.3) is 11.0 Å². The number of aliphatic hydroxyl groups excluding tert-OH is 2. The molecule has 13 nitrogen and oxygen atoms in total. The van der Waals surface area contributed by atoms with Gasteiger partial charge in [0.2, 0.25) is 5.28 Å². The Labute approximate surface area is 194 Å². The van der Waals surface area contributed by atoms with Crippen LogP contribution in [0.15, 0.2) is 6.20 Å². The van der Waals surface area contributed by atoms with Gasteiger partial charge in [-0.15, -0.1) is 0 Å². The Bertz CT molecular complexity index is 1020. The van der Waals surface area contributed by atoms with E-state index in [1.54, 1.807) is 0 Å². The van der Waals surface area contributed by atoms with E-state index in [1.165, 1.54) is 18.0 Å². The predicted octanol–water partition coefficient (Wildman–Crippen LogP) is 0.620. The van der Waals surface area contributed by atoms with Crippen molar-refractivity contribution in [2.45, 2.75) is 62.1 Å². The van der Waals surface area contributed by atoms with E-state index in [1.807, 2.05) is 0 Å². The number of nitrogens with one attached hydrogen (secondary N) is 1. The standard InChI is InChI=1S/C18H27ClN5O8P/c1-30-8-12(33(27,28)29)31-7-11-13(25)14(26)17(32-11)24-16-10(6-20-24)15(22-18(19)23-16)21-9-4-2-3-5-9/h6,9,11-14,17,25-26H,2-5,7-8H2,1H3,(H,21,22,23)(H2,27,28,29)/t11-,12?,13-,14-,17-/m1/s1. The maximum absolute atomic E-state index is 11.5. The maximum Gasteiger partial charge on any atom is 0.356 e. The van der Waals surface area contributed by atoms with Crippen LogP contribution in [0.5, 0.6) is 0 Å². The minimum absolute atomic E-state index is 0.0123. The Morgan fingerprint density at radius 3 is 2.70 bits per heavy atom. The van der Waals surface area contributed by atoms with E-state index < -0.39 is 44.6 Å². The number of hydrogen-bond donors (Lipinski definition) is 5. The number of hydrogen-bond acceptors (Lipinski definition) is 10. The molecule has 184 valence electrons. The number of aliphatic hydroxyl groups is 2. The van der Waals surface area contributed by atoms with Gasteiger partial charge in [-0.1, -0.05) is 12.8 Å². The molecule has 15 heteroatoms. The van der Waals surface area contributed by atoms with Gasteiger partial charge in [-0.25, -0.2) is 4.68 Å². The molecule has 33 heavy (non-hydrogen) atoms. The van der Waals surface area contributed by atoms with Gasteiger partial charge in [0.05, 0.1) is 24.8 Å². The summed E-state index contributed by atoms with van der Waals surface area (Å²) in [6.07, 6.45) is 0.821. The lowest BCUT2D eigenvalue weighted by Gasteiger charge is -2.21. The van der Waals surface area contributed by atoms with Gasteiger partial charge in [0.1, 0.15) is 24.1 Å². The Balaban J connectivity index is 1.53. The van der Waals surface area contributed by atoms with Gasteiger partial charge >= 0.3 is 7.60 Å². The van der Waals surface area contributed by atoms with Crippen molar-refractivity contribution < 1.29 is 38.8 Å². The summed E-state index contributed by atoms with van der Waals surface area (Å²) in [6.45, 7) is -0.744. The van der Waals surface area contributed by atoms with E-state index >= 15 is 0 Å². The molecule has 1 aliphatic carbocycles. The lowest BCUT2D eigenvalue weighted by atomic mass is 10.1. The molecule has 1 saturated heterocycles. The molecule has 1 aliphatic heterocycles. The van der Waals surface area contributed by atoms with Crippen LogP contribution in [0.1, 0.15) is 31.9 Å². The zero-order chi connectivity index (χ0) is 23.8. The van der Waals surface area contributed by atoms with Gasteiger partial charge in [0.15, 0.2) is 17.7 Å². The first kappa shape index (κ1) is 24.7. The maximum atomic E-state index is 11.5. The highest BCUT2D eigenvalue weighted by Crippen LogP contribution is 2.42. The molecule has 5 N–H and O–H groups in total. The van der Waals surface area contributed by atoms with Crippen molar-refractivity contribution in [3.8, 4) is 0 Å². The van der Waals surface area contributed by atoms with Crippen molar-refractivity contribution in [2.24, 2.45) is 0 Å². The number of rotatable bonds is 9. The van der Waals surface area contributed by atoms with Crippen LogP contribution >= 0.6 is 19.2 Å². The third-order valence-corrected chi connectivity index (χ3v) is 7.06. The van der Waals surface area contributed by atoms with Crippen LogP contribution in [0.3, 0.4) is 0 Å². The summed E-state index contributed by atoms with van der Waals surface area (Å²) in [5, 5.41) is 29.3. The second-order valence-electron chi connectivity index (χ2n) is 8.17. The average Bonchev–Trinajstić information content (AvgIpc) is 3.46. The molecular formula is C18H27ClN5O8P. The number of ether oxygens (including phenoxy) is 3. The fourth-order valence-corrected chi connectivity index (χ4v) is 4.91. The van der Waals surface area contributed by atoms with Gasteiger partial charge in [-0.05, 0) is 24.4 Å². The van der Waals surface area contributed by atoms with Gasteiger partial charge in [0, 0.05) is 13.2 Å². The number of aromatic nitrogens is 4. The third-order valence-electron chi connectivity index (χ3n) is 5.84. The lowest BCUT2D eigenvalue weighted by molar-refractivity contribution is -0.0826. The molecule has 0 aromatic carbocycles. The second kappa shape index (κ2) is 10.1. The van der Waals surface area contributed by atoms with Gasteiger partial charge in [-0.3, -0.25) is 4.57 Å². The first-order valence-electron chi connectivity index (χ1n) is 10.5. The van der Waals surface area contributed by atoms with E-state index in [9.17, 15) is 24.6 Å². The molecule has 0 amide bonds. The van der Waals surface area contributed by atoms with Crippen LogP contribution in [0.4, 0.5) is 5.82 Å². The van der Waals surface area contributed by atoms with Gasteiger partial charge in [-0.2, -0.15) is 15.1 Å². The van der Waals surface area contributed by atoms with E-state index in [0.717, 1.165) is 25.7 Å². The van der Waals surface area contributed by atoms with Crippen molar-refractivity contribution in [1.29, 1.82) is 0 Å². The van der Waals surface area contributed by atoms with Crippen LogP contribution in [0.2, 0.25) is 5.28 Å². The Hall–Kier alpha value is -1.41. The molecule has 2 aromatic rings. The zero-order valence-electron chi connectivity index (χ0n) is 17.8. The highest BCUT2D eigenvalue weighted by Gasteiger charge is 2.46. The fourth-order valence-electron chi connectivity index (χ4n) is 4.12. The third kappa shape index (κ3) is 5.31. The first-order valence-corrected chi connectivity index (χ1v) is 12.6. The first-order chi connectivity index (χ1) is 15.7. The van der Waals surface area contributed by atoms with Crippen molar-refractivity contribution >= 4 is 36.0 Å². The molecule has 4 rings (SSSR count). The zero-order valence-corrected chi connectivity index (χ0v) is 19.5. The fraction of sp³-hybridized carbons (Fsp3) is 0.722. The molecule has 2 aliphatic rings. The van der Waals surface area contributed by atoms with E-state index in [0.29, 0.717) is 16.9 Å². The van der Waals surface area contributed by atoms with Crippen LogP contribution in [-0.2, 0) is 18.8 Å². The summed E-state index contributed by atoms with van der Waals surface area (Å²) < 4.78 is 28.6. The smallest absolute Gasteiger partial charge is 0.356 e. The molecule has 0 radical (unpaired) electrons. The topological polar surface area (TPSA) is 181 Å². The van der Waals surface area contributed by atoms with Crippen molar-refractivity contribution in [2.75, 3.05) is 25.6 Å². The molecule has 2 fully saturated rings. The molecule has 3 heterocycles. The Morgan fingerprint density at radius 1 is 1.30 bits per heavy atom. The number of anilines is 1. The summed E-state index contributed by atoms with van der Waals surface area (Å²) in [7, 11) is -3.33. The summed E-state index contributed by atoms with van der Waals surface area (Å²) in [5.41, 5.74) is 0.306. The quantitative estimate of drug-likeness (QED) is 0.236. The Kier molecular flexibility index (Phi) is 7.53. The minimum Gasteiger partial charge on any atom is -0.387 e. The lowest BCUT2D eigenvalue weighted by Crippen LogP contribution is -2.35. The van der Waals surface area contributed by atoms with E-state index in [2.05, 4.69) is 20.4 Å². The summed E-state index contributed by atoms with van der Waals surface area (Å²) in [6, 6.07) is 0.272. The summed E-state index contributed by atoms with van der Waals surface area (Å²) in [4.78, 5) is 27.3. The van der Waals surface area contributed by atoms with Crippen LogP contribution in [0, 0.1) is 0 Å². The molecular weight excluding hydrogens is 481 g/mol. The Morgan fingerprint density at radius 2 is 2.03 bits per heavy atom. The average molecular weight is 508 g/mol. The molecule has 5 atom stereocenters. The van der Waals surface area contributed by atoms with Crippen molar-refractivity contribution in [1.82, 2.24) is 19.7 Å². The molecule has 1 saturated carbocycles. The van der Waals surface area contributed by atoms with Gasteiger partial charge < -0.3 is 39.5 Å². The van der Waals surface area contributed by atoms with E-state index in [-0.39, 0.29) is 17.9 Å². The highest BCUT2D eigenvalue weighted by atomic mass is 35.5. The highest BCUT2D eigenvalue weighted by molar-refractivity contribution is 7.52. The summed E-state index contributed by atoms with van der Waals surface area (Å²) in [5.74, 6) is -1.00. The number of nitrogens with zero attached hydrogens (tertiary/aromatic N) is 4. The van der Waals surface area contributed by atoms with E-state index in [4.69, 9.17) is 25.8 Å². The monoisotopic (exact) mass is 507 g/mol. The molecule has 0 bridgehead atoms. The van der Waals surface area contributed by atoms with Crippen molar-refractivity contribution in [3.63, 3.8) is 0 Å². The molecule has 2 aromatic heterocycles. The second-order valence-corrected chi connectivity index (χ2v) is 10.3. The predicted molar refractivity (Wildman–Crippen MR) is 116 cm³/mol. The normalized spacial score (nSPS) is 27.5. The molecule has 1 unspecified atom stereocenters. The largest absolute Gasteiger partial charge is 0.387 e. The number of fused-ring (bicyclic) bond motifs is 1.